The molecule has 1 aliphatic heterocycles. The van der Waals surface area contributed by atoms with E-state index in [9.17, 15) is 4.79 Å². The molecule has 1 atom stereocenters. The van der Waals surface area contributed by atoms with E-state index in [1.54, 1.807) is 6.33 Å². The van der Waals surface area contributed by atoms with E-state index in [-0.39, 0.29) is 11.8 Å². The number of nitrogens with two attached hydrogens (primary N) is 1. The van der Waals surface area contributed by atoms with Crippen LogP contribution in [0.3, 0.4) is 0 Å². The Bertz CT molecular complexity index is 437. The number of aryl methyl sites for hydroxylation is 1. The minimum absolute atomic E-state index is 0.0237. The van der Waals surface area contributed by atoms with Crippen LogP contribution in [0.5, 0.6) is 0 Å². The molecule has 1 aromatic heterocycles. The summed E-state index contributed by atoms with van der Waals surface area (Å²) in [5.41, 5.74) is 6.34. The minimum atomic E-state index is 0.0237. The van der Waals surface area contributed by atoms with E-state index in [2.05, 4.69) is 20.2 Å². The molecule has 1 aliphatic rings. The molecule has 1 amide bonds. The standard InChI is InChI=1S/C13H21N5O/c1-10-7-12(17-9-16-10)18-6-2-3-11(8-18)13(19)15-5-4-14/h7,9,11H,2-6,8,14H2,1H3,(H,15,19). The highest BCUT2D eigenvalue weighted by atomic mass is 16.1. The van der Waals surface area contributed by atoms with E-state index in [1.165, 1.54) is 0 Å². The quantitative estimate of drug-likeness (QED) is 0.803. The van der Waals surface area contributed by atoms with Crippen molar-refractivity contribution in [2.75, 3.05) is 31.1 Å². The number of aromatic nitrogens is 2. The molecule has 1 saturated heterocycles. The van der Waals surface area contributed by atoms with Gasteiger partial charge in [0.15, 0.2) is 0 Å². The highest BCUT2D eigenvalue weighted by molar-refractivity contribution is 5.79. The number of rotatable bonds is 4. The Kier molecular flexibility index (Phi) is 4.68. The van der Waals surface area contributed by atoms with Crippen LogP contribution in [0.2, 0.25) is 0 Å². The molecule has 104 valence electrons. The SMILES string of the molecule is Cc1cc(N2CCCC(C(=O)NCCN)C2)ncn1. The molecule has 2 rings (SSSR count). The first-order chi connectivity index (χ1) is 9.20. The number of amides is 1. The first-order valence-electron chi connectivity index (χ1n) is 6.72. The molecule has 2 heterocycles. The van der Waals surface area contributed by atoms with Crippen LogP contribution in [0.15, 0.2) is 12.4 Å². The predicted molar refractivity (Wildman–Crippen MR) is 73.8 cm³/mol. The van der Waals surface area contributed by atoms with Crippen LogP contribution in [0.1, 0.15) is 18.5 Å². The van der Waals surface area contributed by atoms with Gasteiger partial charge in [0.25, 0.3) is 0 Å². The zero-order valence-corrected chi connectivity index (χ0v) is 11.3. The second kappa shape index (κ2) is 6.47. The van der Waals surface area contributed by atoms with Crippen molar-refractivity contribution >= 4 is 11.7 Å². The fraction of sp³-hybridized carbons (Fsp3) is 0.615. The number of nitrogens with zero attached hydrogens (tertiary/aromatic N) is 3. The molecule has 0 radical (unpaired) electrons. The number of anilines is 1. The van der Waals surface area contributed by atoms with Crippen LogP contribution in [0.25, 0.3) is 0 Å². The van der Waals surface area contributed by atoms with Gasteiger partial charge in [0.2, 0.25) is 5.91 Å². The Balaban J connectivity index is 1.99. The lowest BCUT2D eigenvalue weighted by Crippen LogP contribution is -2.44. The molecule has 0 aliphatic carbocycles. The van der Waals surface area contributed by atoms with Gasteiger partial charge in [-0.3, -0.25) is 4.79 Å². The summed E-state index contributed by atoms with van der Waals surface area (Å²) in [6.45, 7) is 4.62. The van der Waals surface area contributed by atoms with Gasteiger partial charge in [0.05, 0.1) is 5.92 Å². The fourth-order valence-corrected chi connectivity index (χ4v) is 2.35. The lowest BCUT2D eigenvalue weighted by atomic mass is 9.97. The molecule has 0 spiro atoms. The Morgan fingerprint density at radius 1 is 1.58 bits per heavy atom. The molecule has 3 N–H and O–H groups in total. The maximum Gasteiger partial charge on any atom is 0.224 e. The van der Waals surface area contributed by atoms with Gasteiger partial charge in [-0.2, -0.15) is 0 Å². The summed E-state index contributed by atoms with van der Waals surface area (Å²) >= 11 is 0. The lowest BCUT2D eigenvalue weighted by molar-refractivity contribution is -0.125. The maximum atomic E-state index is 12.0. The monoisotopic (exact) mass is 263 g/mol. The van der Waals surface area contributed by atoms with E-state index in [0.29, 0.717) is 19.6 Å². The molecule has 0 saturated carbocycles. The fourth-order valence-electron chi connectivity index (χ4n) is 2.35. The third-order valence-corrected chi connectivity index (χ3v) is 3.35. The van der Waals surface area contributed by atoms with Gasteiger partial charge >= 0.3 is 0 Å². The Morgan fingerprint density at radius 3 is 3.16 bits per heavy atom. The average Bonchev–Trinajstić information content (AvgIpc) is 2.45. The maximum absolute atomic E-state index is 12.0. The molecule has 6 nitrogen and oxygen atoms in total. The highest BCUT2D eigenvalue weighted by Crippen LogP contribution is 2.21. The van der Waals surface area contributed by atoms with Crippen molar-refractivity contribution in [1.82, 2.24) is 15.3 Å². The molecule has 1 fully saturated rings. The summed E-state index contributed by atoms with van der Waals surface area (Å²) < 4.78 is 0. The van der Waals surface area contributed by atoms with Gasteiger partial charge in [-0.25, -0.2) is 9.97 Å². The molecular weight excluding hydrogens is 242 g/mol. The number of carbonyl (C=O) groups excluding carboxylic acids is 1. The van der Waals surface area contributed by atoms with Gasteiger partial charge in [-0.15, -0.1) is 0 Å². The summed E-state index contributed by atoms with van der Waals surface area (Å²) in [4.78, 5) is 22.5. The van der Waals surface area contributed by atoms with Crippen molar-refractivity contribution in [2.45, 2.75) is 19.8 Å². The number of hydrogen-bond acceptors (Lipinski definition) is 5. The van der Waals surface area contributed by atoms with Crippen molar-refractivity contribution in [3.05, 3.63) is 18.1 Å². The second-order valence-corrected chi connectivity index (χ2v) is 4.88. The van der Waals surface area contributed by atoms with Crippen molar-refractivity contribution < 1.29 is 4.79 Å². The van der Waals surface area contributed by atoms with Crippen molar-refractivity contribution in [3.8, 4) is 0 Å². The zero-order chi connectivity index (χ0) is 13.7. The number of nitrogens with one attached hydrogen (secondary N) is 1. The number of piperidine rings is 1. The van der Waals surface area contributed by atoms with Crippen LogP contribution in [-0.4, -0.2) is 42.1 Å². The molecule has 1 unspecified atom stereocenters. The normalized spacial score (nSPS) is 19.3. The van der Waals surface area contributed by atoms with Crippen molar-refractivity contribution in [1.29, 1.82) is 0 Å². The lowest BCUT2D eigenvalue weighted by Gasteiger charge is -2.32. The third-order valence-electron chi connectivity index (χ3n) is 3.35. The van der Waals surface area contributed by atoms with Crippen LogP contribution >= 0.6 is 0 Å². The summed E-state index contributed by atoms with van der Waals surface area (Å²) in [6, 6.07) is 1.96. The predicted octanol–water partition coefficient (Wildman–Crippen LogP) is 0.0763. The average molecular weight is 263 g/mol. The second-order valence-electron chi connectivity index (χ2n) is 4.88. The molecule has 0 bridgehead atoms. The van der Waals surface area contributed by atoms with Crippen LogP contribution in [0, 0.1) is 12.8 Å². The van der Waals surface area contributed by atoms with E-state index in [4.69, 9.17) is 5.73 Å². The third kappa shape index (κ3) is 3.64. The largest absolute Gasteiger partial charge is 0.356 e. The van der Waals surface area contributed by atoms with Crippen LogP contribution in [0.4, 0.5) is 5.82 Å². The van der Waals surface area contributed by atoms with E-state index in [1.807, 2.05) is 13.0 Å². The first-order valence-corrected chi connectivity index (χ1v) is 6.72. The van der Waals surface area contributed by atoms with Crippen molar-refractivity contribution in [2.24, 2.45) is 11.7 Å². The van der Waals surface area contributed by atoms with Crippen LogP contribution < -0.4 is 16.0 Å². The van der Waals surface area contributed by atoms with Gasteiger partial charge in [-0.1, -0.05) is 0 Å². The molecule has 0 aromatic carbocycles. The number of carbonyl (C=O) groups is 1. The van der Waals surface area contributed by atoms with Gasteiger partial charge in [-0.05, 0) is 19.8 Å². The van der Waals surface area contributed by atoms with Gasteiger partial charge < -0.3 is 16.0 Å². The van der Waals surface area contributed by atoms with E-state index >= 15 is 0 Å². The smallest absolute Gasteiger partial charge is 0.224 e. The summed E-state index contributed by atoms with van der Waals surface area (Å²) in [5.74, 6) is 1.03. The molecule has 19 heavy (non-hydrogen) atoms. The Hall–Kier alpha value is -1.69. The summed E-state index contributed by atoms with van der Waals surface area (Å²) in [6.07, 6.45) is 3.50. The first kappa shape index (κ1) is 13.7. The number of hydrogen-bond donors (Lipinski definition) is 2. The van der Waals surface area contributed by atoms with E-state index in [0.717, 1.165) is 30.9 Å². The topological polar surface area (TPSA) is 84.1 Å². The summed E-state index contributed by atoms with van der Waals surface area (Å²) in [5, 5.41) is 2.86. The van der Waals surface area contributed by atoms with Crippen LogP contribution in [-0.2, 0) is 4.79 Å². The Morgan fingerprint density at radius 2 is 2.42 bits per heavy atom. The highest BCUT2D eigenvalue weighted by Gasteiger charge is 2.26. The minimum Gasteiger partial charge on any atom is -0.356 e. The molecule has 6 heteroatoms. The molecular formula is C13H21N5O. The van der Waals surface area contributed by atoms with Gasteiger partial charge in [0.1, 0.15) is 12.1 Å². The van der Waals surface area contributed by atoms with E-state index < -0.39 is 0 Å². The molecule has 1 aromatic rings. The van der Waals surface area contributed by atoms with Crippen molar-refractivity contribution in [3.63, 3.8) is 0 Å². The zero-order valence-electron chi connectivity index (χ0n) is 11.3. The van der Waals surface area contributed by atoms with Gasteiger partial charge in [0, 0.05) is 37.9 Å². The Labute approximate surface area is 113 Å². The summed E-state index contributed by atoms with van der Waals surface area (Å²) in [7, 11) is 0.